The molecule has 0 spiro atoms. The van der Waals surface area contributed by atoms with Crippen LogP contribution < -0.4 is 10.0 Å². The van der Waals surface area contributed by atoms with Crippen LogP contribution in [0.15, 0.2) is 77.7 Å². The Morgan fingerprint density at radius 3 is 2.43 bits per heavy atom. The van der Waals surface area contributed by atoms with Gasteiger partial charge in [-0.1, -0.05) is 42.5 Å². The number of nitrogens with one attached hydrogen (secondary N) is 2. The number of carbonyl (C=O) groups excluding carboxylic acids is 1. The van der Waals surface area contributed by atoms with E-state index >= 15 is 0 Å². The van der Waals surface area contributed by atoms with E-state index in [-0.39, 0.29) is 17.0 Å². The maximum absolute atomic E-state index is 13.6. The van der Waals surface area contributed by atoms with Crippen LogP contribution in [0.5, 0.6) is 0 Å². The van der Waals surface area contributed by atoms with Crippen LogP contribution in [0.3, 0.4) is 0 Å². The van der Waals surface area contributed by atoms with Crippen LogP contribution in [0.25, 0.3) is 0 Å². The number of amides is 1. The minimum atomic E-state index is -3.79. The third-order valence-corrected chi connectivity index (χ3v) is 5.54. The van der Waals surface area contributed by atoms with Gasteiger partial charge in [0.25, 0.3) is 5.91 Å². The Bertz CT molecular complexity index is 1100. The Hall–Kier alpha value is -3.03. The molecule has 3 aromatic carbocycles. The van der Waals surface area contributed by atoms with E-state index in [9.17, 15) is 17.6 Å². The van der Waals surface area contributed by atoms with Gasteiger partial charge in [-0.2, -0.15) is 0 Å². The highest BCUT2D eigenvalue weighted by Gasteiger charge is 2.16. The van der Waals surface area contributed by atoms with E-state index in [0.29, 0.717) is 11.3 Å². The van der Waals surface area contributed by atoms with Gasteiger partial charge in [0.2, 0.25) is 10.0 Å². The molecule has 3 aromatic rings. The highest BCUT2D eigenvalue weighted by Crippen LogP contribution is 2.17. The van der Waals surface area contributed by atoms with Gasteiger partial charge in [0.1, 0.15) is 5.82 Å². The highest BCUT2D eigenvalue weighted by atomic mass is 32.2. The summed E-state index contributed by atoms with van der Waals surface area (Å²) in [6, 6.07) is 19.2. The number of rotatable bonds is 6. The number of benzene rings is 3. The lowest BCUT2D eigenvalue weighted by Crippen LogP contribution is -2.23. The van der Waals surface area contributed by atoms with E-state index in [4.69, 9.17) is 0 Å². The molecule has 3 rings (SSSR count). The van der Waals surface area contributed by atoms with Crippen LogP contribution >= 0.6 is 0 Å². The fourth-order valence-corrected chi connectivity index (χ4v) is 3.60. The summed E-state index contributed by atoms with van der Waals surface area (Å²) in [6.45, 7) is 1.76. The topological polar surface area (TPSA) is 75.3 Å². The first-order valence-corrected chi connectivity index (χ1v) is 10.0. The second-order valence-corrected chi connectivity index (χ2v) is 8.02. The summed E-state index contributed by atoms with van der Waals surface area (Å²) in [5, 5.41) is 2.57. The van der Waals surface area contributed by atoms with Crippen LogP contribution in [0.2, 0.25) is 0 Å². The van der Waals surface area contributed by atoms with E-state index in [1.54, 1.807) is 19.1 Å². The van der Waals surface area contributed by atoms with Crippen LogP contribution in [-0.4, -0.2) is 14.3 Å². The van der Waals surface area contributed by atoms with E-state index in [1.165, 1.54) is 30.3 Å². The quantitative estimate of drug-likeness (QED) is 0.662. The molecule has 0 aromatic heterocycles. The van der Waals surface area contributed by atoms with Crippen LogP contribution in [0.1, 0.15) is 21.5 Å². The summed E-state index contributed by atoms with van der Waals surface area (Å²) in [5.74, 6) is -0.956. The second-order valence-electron chi connectivity index (χ2n) is 6.26. The lowest BCUT2D eigenvalue weighted by Gasteiger charge is -2.10. The number of anilines is 1. The van der Waals surface area contributed by atoms with Gasteiger partial charge >= 0.3 is 0 Å². The highest BCUT2D eigenvalue weighted by molar-refractivity contribution is 7.89. The van der Waals surface area contributed by atoms with Crippen molar-refractivity contribution in [3.63, 3.8) is 0 Å². The molecule has 0 fully saturated rings. The van der Waals surface area contributed by atoms with Gasteiger partial charge in [0, 0.05) is 17.8 Å². The van der Waals surface area contributed by atoms with Crippen LogP contribution in [0, 0.1) is 12.7 Å². The van der Waals surface area contributed by atoms with Crippen molar-refractivity contribution in [2.75, 3.05) is 5.32 Å². The first kappa shape index (κ1) is 19.7. The van der Waals surface area contributed by atoms with Crippen molar-refractivity contribution >= 4 is 21.6 Å². The standard InChI is InChI=1S/C21H19FN2O3S/c1-15-10-11-18(13-20(15)22)24-21(25)17-8-5-9-19(12-17)28(26,27)23-14-16-6-3-2-4-7-16/h2-13,23H,14H2,1H3,(H,24,25). The first-order chi connectivity index (χ1) is 13.3. The Morgan fingerprint density at radius 1 is 0.964 bits per heavy atom. The van der Waals surface area contributed by atoms with E-state index in [2.05, 4.69) is 10.0 Å². The van der Waals surface area contributed by atoms with Crippen molar-refractivity contribution in [3.05, 3.63) is 95.3 Å². The molecule has 0 atom stereocenters. The molecule has 0 bridgehead atoms. The molecule has 144 valence electrons. The average molecular weight is 398 g/mol. The Balaban J connectivity index is 1.75. The normalized spacial score (nSPS) is 11.2. The third-order valence-electron chi connectivity index (χ3n) is 4.15. The molecular weight excluding hydrogens is 379 g/mol. The summed E-state index contributed by atoms with van der Waals surface area (Å²) in [4.78, 5) is 12.4. The zero-order chi connectivity index (χ0) is 20.1. The zero-order valence-corrected chi connectivity index (χ0v) is 16.0. The number of sulfonamides is 1. The molecule has 0 aliphatic carbocycles. The second kappa shape index (κ2) is 8.33. The number of hydrogen-bond donors (Lipinski definition) is 2. The molecule has 7 heteroatoms. The Morgan fingerprint density at radius 2 is 1.71 bits per heavy atom. The van der Waals surface area contributed by atoms with Gasteiger partial charge in [-0.15, -0.1) is 0 Å². The molecule has 0 radical (unpaired) electrons. The first-order valence-electron chi connectivity index (χ1n) is 8.56. The number of hydrogen-bond acceptors (Lipinski definition) is 3. The van der Waals surface area contributed by atoms with Gasteiger partial charge in [0.15, 0.2) is 0 Å². The summed E-state index contributed by atoms with van der Waals surface area (Å²) in [6.07, 6.45) is 0. The Labute approximate surface area is 163 Å². The number of carbonyl (C=O) groups is 1. The van der Waals surface area contributed by atoms with Crippen molar-refractivity contribution < 1.29 is 17.6 Å². The van der Waals surface area contributed by atoms with Gasteiger partial charge in [-0.25, -0.2) is 17.5 Å². The zero-order valence-electron chi connectivity index (χ0n) is 15.1. The molecular formula is C21H19FN2O3S. The minimum Gasteiger partial charge on any atom is -0.322 e. The number of halogens is 1. The maximum Gasteiger partial charge on any atom is 0.255 e. The van der Waals surface area contributed by atoms with Crippen LogP contribution in [0.4, 0.5) is 10.1 Å². The van der Waals surface area contributed by atoms with Gasteiger partial charge in [-0.3, -0.25) is 4.79 Å². The largest absolute Gasteiger partial charge is 0.322 e. The van der Waals surface area contributed by atoms with Crippen molar-refractivity contribution in [1.29, 1.82) is 0 Å². The molecule has 5 nitrogen and oxygen atoms in total. The minimum absolute atomic E-state index is 0.0221. The Kier molecular flexibility index (Phi) is 5.87. The molecule has 0 heterocycles. The number of aryl methyl sites for hydroxylation is 1. The lowest BCUT2D eigenvalue weighted by molar-refractivity contribution is 0.102. The summed E-state index contributed by atoms with van der Waals surface area (Å²) in [5.41, 5.74) is 1.74. The van der Waals surface area contributed by atoms with Crippen molar-refractivity contribution in [2.45, 2.75) is 18.4 Å². The molecule has 0 unspecified atom stereocenters. The predicted octanol–water partition coefficient (Wildman–Crippen LogP) is 3.86. The molecule has 0 aliphatic rings. The van der Waals surface area contributed by atoms with Gasteiger partial charge in [-0.05, 0) is 48.4 Å². The van der Waals surface area contributed by atoms with Crippen molar-refractivity contribution in [1.82, 2.24) is 4.72 Å². The maximum atomic E-state index is 13.6. The van der Waals surface area contributed by atoms with E-state index < -0.39 is 21.7 Å². The summed E-state index contributed by atoms with van der Waals surface area (Å²) >= 11 is 0. The predicted molar refractivity (Wildman–Crippen MR) is 106 cm³/mol. The van der Waals surface area contributed by atoms with E-state index in [0.717, 1.165) is 5.56 Å². The smallest absolute Gasteiger partial charge is 0.255 e. The fourth-order valence-electron chi connectivity index (χ4n) is 2.54. The summed E-state index contributed by atoms with van der Waals surface area (Å²) < 4.78 is 41.2. The lowest BCUT2D eigenvalue weighted by atomic mass is 10.2. The molecule has 0 aliphatic heterocycles. The average Bonchev–Trinajstić information content (AvgIpc) is 2.70. The van der Waals surface area contributed by atoms with Gasteiger partial charge < -0.3 is 5.32 Å². The summed E-state index contributed by atoms with van der Waals surface area (Å²) in [7, 11) is -3.79. The molecule has 2 N–H and O–H groups in total. The molecule has 0 saturated carbocycles. The van der Waals surface area contributed by atoms with Gasteiger partial charge in [0.05, 0.1) is 4.90 Å². The van der Waals surface area contributed by atoms with Crippen molar-refractivity contribution in [3.8, 4) is 0 Å². The van der Waals surface area contributed by atoms with Crippen LogP contribution in [-0.2, 0) is 16.6 Å². The molecule has 1 amide bonds. The molecule has 28 heavy (non-hydrogen) atoms. The SMILES string of the molecule is Cc1ccc(NC(=O)c2cccc(S(=O)(=O)NCc3ccccc3)c2)cc1F. The molecule has 0 saturated heterocycles. The third kappa shape index (κ3) is 4.82. The fraction of sp³-hybridized carbons (Fsp3) is 0.0952. The van der Waals surface area contributed by atoms with E-state index in [1.807, 2.05) is 30.3 Å². The van der Waals surface area contributed by atoms with Crippen molar-refractivity contribution in [2.24, 2.45) is 0 Å². The monoisotopic (exact) mass is 398 g/mol.